The smallest absolute Gasteiger partial charge is 0.417 e. The van der Waals surface area contributed by atoms with E-state index in [1.54, 1.807) is 0 Å². The normalized spacial score (nSPS) is 11.2. The summed E-state index contributed by atoms with van der Waals surface area (Å²) in [6.45, 7) is 0.143. The van der Waals surface area contributed by atoms with Crippen molar-refractivity contribution in [2.24, 2.45) is 0 Å². The second-order valence-electron chi connectivity index (χ2n) is 4.88. The summed E-state index contributed by atoms with van der Waals surface area (Å²) in [6, 6.07) is 11.0. The summed E-state index contributed by atoms with van der Waals surface area (Å²) in [4.78, 5) is 11.9. The lowest BCUT2D eigenvalue weighted by Crippen LogP contribution is -2.15. The highest BCUT2D eigenvalue weighted by Crippen LogP contribution is 2.39. The minimum absolute atomic E-state index is 0.0793. The predicted molar refractivity (Wildman–Crippen MR) is 86.9 cm³/mol. The first-order valence-corrected chi connectivity index (χ1v) is 8.04. The number of carbonyl (C=O) groups excluding carboxylic acids is 1. The van der Waals surface area contributed by atoms with Gasteiger partial charge in [-0.15, -0.1) is 0 Å². The largest absolute Gasteiger partial charge is 0.493 e. The molecule has 0 saturated carbocycles. The third-order valence-corrected chi connectivity index (χ3v) is 3.78. The Balaban J connectivity index is 2.41. The average molecular weight is 403 g/mol. The maximum absolute atomic E-state index is 13.2. The van der Waals surface area contributed by atoms with Gasteiger partial charge in [0, 0.05) is 5.56 Å². The van der Waals surface area contributed by atoms with Gasteiger partial charge in [-0.1, -0.05) is 46.3 Å². The van der Waals surface area contributed by atoms with Crippen molar-refractivity contribution in [2.75, 3.05) is 12.4 Å². The summed E-state index contributed by atoms with van der Waals surface area (Å²) in [6.07, 6.45) is -4.67. The number of benzene rings is 2. The molecular formula is C17H14BrF3O3. The number of hydrogen-bond acceptors (Lipinski definition) is 3. The Morgan fingerprint density at radius 2 is 1.79 bits per heavy atom. The lowest BCUT2D eigenvalue weighted by Gasteiger charge is -2.17. The molecule has 24 heavy (non-hydrogen) atoms. The molecular weight excluding hydrogens is 389 g/mol. The number of ketones is 1. The van der Waals surface area contributed by atoms with Crippen LogP contribution in [0.5, 0.6) is 11.5 Å². The van der Waals surface area contributed by atoms with Gasteiger partial charge in [-0.3, -0.25) is 4.79 Å². The van der Waals surface area contributed by atoms with E-state index in [1.807, 2.05) is 30.3 Å². The van der Waals surface area contributed by atoms with Crippen molar-refractivity contribution in [1.29, 1.82) is 0 Å². The van der Waals surface area contributed by atoms with E-state index in [-0.39, 0.29) is 23.4 Å². The molecule has 0 aliphatic carbocycles. The van der Waals surface area contributed by atoms with Crippen LogP contribution in [0.2, 0.25) is 0 Å². The van der Waals surface area contributed by atoms with Gasteiger partial charge in [0.1, 0.15) is 6.61 Å². The van der Waals surface area contributed by atoms with E-state index in [0.717, 1.165) is 17.7 Å². The van der Waals surface area contributed by atoms with Crippen LogP contribution < -0.4 is 9.47 Å². The molecule has 0 aliphatic heterocycles. The maximum atomic E-state index is 13.2. The summed E-state index contributed by atoms with van der Waals surface area (Å²) in [5.74, 6) is -0.683. The quantitative estimate of drug-likeness (QED) is 0.510. The first kappa shape index (κ1) is 18.3. The molecule has 0 radical (unpaired) electrons. The molecule has 0 N–H and O–H groups in total. The van der Waals surface area contributed by atoms with Gasteiger partial charge in [-0.2, -0.15) is 13.2 Å². The fourth-order valence-electron chi connectivity index (χ4n) is 2.10. The molecule has 0 amide bonds. The van der Waals surface area contributed by atoms with Gasteiger partial charge < -0.3 is 9.47 Å². The SMILES string of the molecule is COc1cc(C(F)(F)F)c(C(=O)CBr)cc1OCc1ccccc1. The third-order valence-electron chi connectivity index (χ3n) is 3.27. The first-order chi connectivity index (χ1) is 11.4. The van der Waals surface area contributed by atoms with Crippen LogP contribution in [-0.2, 0) is 12.8 Å². The minimum atomic E-state index is -4.67. The van der Waals surface area contributed by atoms with E-state index < -0.39 is 23.1 Å². The molecule has 0 saturated heterocycles. The number of alkyl halides is 4. The molecule has 0 bridgehead atoms. The number of carbonyl (C=O) groups is 1. The molecule has 7 heteroatoms. The number of Topliss-reactive ketones (excluding diaryl/α,β-unsaturated/α-hetero) is 1. The Bertz CT molecular complexity index is 715. The molecule has 128 valence electrons. The summed E-state index contributed by atoms with van der Waals surface area (Å²) in [5.41, 5.74) is -0.660. The standard InChI is InChI=1S/C17H14BrF3O3/c1-23-15-8-13(17(19,20)21)12(14(22)9-18)7-16(15)24-10-11-5-3-2-4-6-11/h2-8H,9-10H2,1H3. The Hall–Kier alpha value is -2.02. The number of ether oxygens (including phenoxy) is 2. The fraction of sp³-hybridized carbons (Fsp3) is 0.235. The Kier molecular flexibility index (Phi) is 5.88. The molecule has 0 aromatic heterocycles. The Morgan fingerprint density at radius 1 is 1.12 bits per heavy atom. The zero-order valence-electron chi connectivity index (χ0n) is 12.7. The van der Waals surface area contributed by atoms with Crippen LogP contribution in [0.15, 0.2) is 42.5 Å². The van der Waals surface area contributed by atoms with E-state index in [2.05, 4.69) is 15.9 Å². The van der Waals surface area contributed by atoms with Gasteiger partial charge in [0.2, 0.25) is 0 Å². The Morgan fingerprint density at radius 3 is 2.33 bits per heavy atom. The second-order valence-corrected chi connectivity index (χ2v) is 5.44. The van der Waals surface area contributed by atoms with Crippen molar-refractivity contribution >= 4 is 21.7 Å². The Labute approximate surface area is 145 Å². The summed E-state index contributed by atoms with van der Waals surface area (Å²) in [7, 11) is 1.25. The second kappa shape index (κ2) is 7.70. The molecule has 0 heterocycles. The van der Waals surface area contributed by atoms with Crippen molar-refractivity contribution in [2.45, 2.75) is 12.8 Å². The van der Waals surface area contributed by atoms with Crippen molar-refractivity contribution in [3.05, 3.63) is 59.2 Å². The van der Waals surface area contributed by atoms with Gasteiger partial charge >= 0.3 is 6.18 Å². The highest BCUT2D eigenvalue weighted by atomic mass is 79.9. The van der Waals surface area contributed by atoms with E-state index in [0.29, 0.717) is 0 Å². The summed E-state index contributed by atoms with van der Waals surface area (Å²) < 4.78 is 50.1. The zero-order valence-corrected chi connectivity index (χ0v) is 14.3. The summed E-state index contributed by atoms with van der Waals surface area (Å²) >= 11 is 2.90. The first-order valence-electron chi connectivity index (χ1n) is 6.92. The zero-order chi connectivity index (χ0) is 17.7. The maximum Gasteiger partial charge on any atom is 0.417 e. The van der Waals surface area contributed by atoms with E-state index >= 15 is 0 Å². The van der Waals surface area contributed by atoms with Crippen molar-refractivity contribution in [1.82, 2.24) is 0 Å². The molecule has 0 aliphatic rings. The number of rotatable bonds is 6. The molecule has 2 rings (SSSR count). The minimum Gasteiger partial charge on any atom is -0.493 e. The number of halogens is 4. The van der Waals surface area contributed by atoms with Gasteiger partial charge in [0.25, 0.3) is 0 Å². The van der Waals surface area contributed by atoms with Gasteiger partial charge in [-0.05, 0) is 17.7 Å². The molecule has 0 fully saturated rings. The van der Waals surface area contributed by atoms with Crippen LogP contribution in [0.4, 0.5) is 13.2 Å². The van der Waals surface area contributed by atoms with Crippen LogP contribution in [-0.4, -0.2) is 18.2 Å². The van der Waals surface area contributed by atoms with Crippen LogP contribution in [0.3, 0.4) is 0 Å². The van der Waals surface area contributed by atoms with E-state index in [1.165, 1.54) is 7.11 Å². The molecule has 0 unspecified atom stereocenters. The highest BCUT2D eigenvalue weighted by Gasteiger charge is 2.36. The van der Waals surface area contributed by atoms with Crippen LogP contribution in [0.1, 0.15) is 21.5 Å². The summed E-state index contributed by atoms with van der Waals surface area (Å²) in [5, 5.41) is -0.222. The molecule has 3 nitrogen and oxygen atoms in total. The fourth-order valence-corrected chi connectivity index (χ4v) is 2.41. The average Bonchev–Trinajstić information content (AvgIpc) is 2.58. The highest BCUT2D eigenvalue weighted by molar-refractivity contribution is 9.09. The van der Waals surface area contributed by atoms with E-state index in [4.69, 9.17) is 9.47 Å². The third kappa shape index (κ3) is 4.29. The van der Waals surface area contributed by atoms with Gasteiger partial charge in [-0.25, -0.2) is 0 Å². The number of hydrogen-bond donors (Lipinski definition) is 0. The molecule has 2 aromatic rings. The number of methoxy groups -OCH3 is 1. The van der Waals surface area contributed by atoms with Crippen LogP contribution in [0, 0.1) is 0 Å². The predicted octanol–water partition coefficient (Wildman–Crippen LogP) is 4.87. The van der Waals surface area contributed by atoms with Crippen molar-refractivity contribution in [3.8, 4) is 11.5 Å². The lowest BCUT2D eigenvalue weighted by atomic mass is 10.0. The van der Waals surface area contributed by atoms with Crippen LogP contribution in [0.25, 0.3) is 0 Å². The topological polar surface area (TPSA) is 35.5 Å². The monoisotopic (exact) mass is 402 g/mol. The molecule has 2 aromatic carbocycles. The van der Waals surface area contributed by atoms with Crippen molar-refractivity contribution < 1.29 is 27.4 Å². The van der Waals surface area contributed by atoms with E-state index in [9.17, 15) is 18.0 Å². The molecule has 0 atom stereocenters. The van der Waals surface area contributed by atoms with Crippen LogP contribution >= 0.6 is 15.9 Å². The molecule has 0 spiro atoms. The lowest BCUT2D eigenvalue weighted by molar-refractivity contribution is -0.138. The van der Waals surface area contributed by atoms with Crippen molar-refractivity contribution in [3.63, 3.8) is 0 Å². The van der Waals surface area contributed by atoms with Gasteiger partial charge in [0.05, 0.1) is 18.0 Å². The van der Waals surface area contributed by atoms with Gasteiger partial charge in [0.15, 0.2) is 17.3 Å².